The van der Waals surface area contributed by atoms with E-state index in [-0.39, 0.29) is 18.4 Å². The minimum atomic E-state index is -0.270. The number of ether oxygens (including phenoxy) is 1. The second-order valence-electron chi connectivity index (χ2n) is 4.81. The largest absolute Gasteiger partial charge is 0.378 e. The van der Waals surface area contributed by atoms with E-state index < -0.39 is 0 Å². The summed E-state index contributed by atoms with van der Waals surface area (Å²) in [5.74, 6) is -0.359. The minimum absolute atomic E-state index is 0.000152. The second-order valence-corrected chi connectivity index (χ2v) is 4.81. The van der Waals surface area contributed by atoms with Crippen LogP contribution in [0.3, 0.4) is 0 Å². The van der Waals surface area contributed by atoms with Crippen molar-refractivity contribution in [2.24, 2.45) is 0 Å². The van der Waals surface area contributed by atoms with Crippen LogP contribution < -0.4 is 5.32 Å². The first-order valence-corrected chi connectivity index (χ1v) is 6.81. The zero-order valence-corrected chi connectivity index (χ0v) is 11.5. The number of carbonyl (C=O) groups excluding carboxylic acids is 2. The van der Waals surface area contributed by atoms with Crippen molar-refractivity contribution in [3.05, 3.63) is 30.1 Å². The molecule has 7 heteroatoms. The average molecular weight is 288 g/mol. The Hall–Kier alpha value is -2.41. The Labute approximate surface area is 121 Å². The maximum Gasteiger partial charge on any atom is 0.251 e. The van der Waals surface area contributed by atoms with Gasteiger partial charge in [-0.15, -0.1) is 0 Å². The van der Waals surface area contributed by atoms with Gasteiger partial charge in [-0.1, -0.05) is 0 Å². The molecular weight excluding hydrogens is 272 g/mol. The third-order valence-electron chi connectivity index (χ3n) is 3.45. The molecule has 0 atom stereocenters. The Morgan fingerprint density at radius 2 is 2.14 bits per heavy atom. The van der Waals surface area contributed by atoms with Crippen LogP contribution in [0, 0.1) is 0 Å². The lowest BCUT2D eigenvalue weighted by atomic mass is 10.2. The van der Waals surface area contributed by atoms with Crippen LogP contribution in [0.5, 0.6) is 0 Å². The van der Waals surface area contributed by atoms with Gasteiger partial charge in [-0.25, -0.2) is 4.98 Å². The molecule has 1 aliphatic rings. The maximum atomic E-state index is 12.1. The summed E-state index contributed by atoms with van der Waals surface area (Å²) >= 11 is 0. The summed E-state index contributed by atoms with van der Waals surface area (Å²) in [6.07, 6.45) is 1.58. The fourth-order valence-electron chi connectivity index (χ4n) is 2.26. The van der Waals surface area contributed by atoms with Crippen molar-refractivity contribution in [3.63, 3.8) is 0 Å². The molecule has 1 aromatic carbocycles. The number of amides is 2. The predicted molar refractivity (Wildman–Crippen MR) is 75.8 cm³/mol. The first-order valence-electron chi connectivity index (χ1n) is 6.81. The molecule has 0 saturated carbocycles. The minimum Gasteiger partial charge on any atom is -0.378 e. The highest BCUT2D eigenvalue weighted by Gasteiger charge is 2.17. The number of fused-ring (bicyclic) bond motifs is 1. The Morgan fingerprint density at radius 1 is 1.33 bits per heavy atom. The Bertz CT molecular complexity index is 661. The number of nitrogens with one attached hydrogen (secondary N) is 2. The van der Waals surface area contributed by atoms with Gasteiger partial charge >= 0.3 is 0 Å². The summed E-state index contributed by atoms with van der Waals surface area (Å²) in [6, 6.07) is 5.18. The van der Waals surface area contributed by atoms with Crippen LogP contribution >= 0.6 is 0 Å². The molecule has 21 heavy (non-hydrogen) atoms. The lowest BCUT2D eigenvalue weighted by Crippen LogP contribution is -2.45. The number of hydrogen-bond donors (Lipinski definition) is 2. The van der Waals surface area contributed by atoms with Gasteiger partial charge in [0.2, 0.25) is 5.91 Å². The standard InChI is InChI=1S/C14H16N4O3/c19-13(18-3-5-21-6-4-18)8-15-14(20)10-1-2-11-12(7-10)17-9-16-11/h1-2,7,9H,3-6,8H2,(H,15,20)(H,16,17). The lowest BCUT2D eigenvalue weighted by Gasteiger charge is -2.26. The molecule has 2 amide bonds. The molecule has 0 aliphatic carbocycles. The van der Waals surface area contributed by atoms with Gasteiger partial charge in [0.25, 0.3) is 5.91 Å². The van der Waals surface area contributed by atoms with Gasteiger partial charge in [0.15, 0.2) is 0 Å². The topological polar surface area (TPSA) is 87.3 Å². The molecule has 0 spiro atoms. The van der Waals surface area contributed by atoms with E-state index in [4.69, 9.17) is 4.74 Å². The molecule has 1 aliphatic heterocycles. The van der Waals surface area contributed by atoms with Gasteiger partial charge in [-0.2, -0.15) is 0 Å². The molecule has 0 bridgehead atoms. The number of hydrogen-bond acceptors (Lipinski definition) is 4. The fourth-order valence-corrected chi connectivity index (χ4v) is 2.26. The number of aromatic amines is 1. The lowest BCUT2D eigenvalue weighted by molar-refractivity contribution is -0.134. The first kappa shape index (κ1) is 13.6. The van der Waals surface area contributed by atoms with Crippen molar-refractivity contribution in [2.45, 2.75) is 0 Å². The average Bonchev–Trinajstić information content (AvgIpc) is 3.00. The molecule has 0 radical (unpaired) electrons. The van der Waals surface area contributed by atoms with Gasteiger partial charge in [0.05, 0.1) is 37.1 Å². The molecule has 2 aromatic rings. The Morgan fingerprint density at radius 3 is 2.95 bits per heavy atom. The highest BCUT2D eigenvalue weighted by Crippen LogP contribution is 2.11. The van der Waals surface area contributed by atoms with Crippen LogP contribution in [0.2, 0.25) is 0 Å². The molecule has 1 aromatic heterocycles. The molecule has 1 saturated heterocycles. The summed E-state index contributed by atoms with van der Waals surface area (Å²) in [7, 11) is 0. The number of H-pyrrole nitrogens is 1. The van der Waals surface area contributed by atoms with E-state index in [1.54, 1.807) is 29.4 Å². The summed E-state index contributed by atoms with van der Waals surface area (Å²) in [4.78, 5) is 32.7. The number of carbonyl (C=O) groups is 2. The van der Waals surface area contributed by atoms with Gasteiger partial charge in [-0.05, 0) is 18.2 Å². The van der Waals surface area contributed by atoms with E-state index in [1.165, 1.54) is 0 Å². The third-order valence-corrected chi connectivity index (χ3v) is 3.45. The van der Waals surface area contributed by atoms with Crippen molar-refractivity contribution in [2.75, 3.05) is 32.8 Å². The first-order chi connectivity index (χ1) is 10.2. The van der Waals surface area contributed by atoms with Crippen LogP contribution in [0.4, 0.5) is 0 Å². The number of aromatic nitrogens is 2. The number of imidazole rings is 1. The zero-order valence-electron chi connectivity index (χ0n) is 11.5. The van der Waals surface area contributed by atoms with Crippen molar-refractivity contribution < 1.29 is 14.3 Å². The van der Waals surface area contributed by atoms with E-state index >= 15 is 0 Å². The molecular formula is C14H16N4O3. The quantitative estimate of drug-likeness (QED) is 0.841. The normalized spacial score (nSPS) is 15.1. The van der Waals surface area contributed by atoms with Gasteiger partial charge in [0, 0.05) is 18.7 Å². The molecule has 0 unspecified atom stereocenters. The third kappa shape index (κ3) is 3.03. The number of nitrogens with zero attached hydrogens (tertiary/aromatic N) is 2. The van der Waals surface area contributed by atoms with E-state index in [0.717, 1.165) is 11.0 Å². The van der Waals surface area contributed by atoms with Gasteiger partial charge in [0.1, 0.15) is 0 Å². The van der Waals surface area contributed by atoms with E-state index in [0.29, 0.717) is 31.9 Å². The van der Waals surface area contributed by atoms with Gasteiger partial charge in [-0.3, -0.25) is 9.59 Å². The van der Waals surface area contributed by atoms with Crippen molar-refractivity contribution >= 4 is 22.8 Å². The van der Waals surface area contributed by atoms with Crippen LogP contribution in [0.25, 0.3) is 11.0 Å². The molecule has 1 fully saturated rings. The van der Waals surface area contributed by atoms with Crippen molar-refractivity contribution in [3.8, 4) is 0 Å². The van der Waals surface area contributed by atoms with Crippen LogP contribution in [0.1, 0.15) is 10.4 Å². The SMILES string of the molecule is O=C(NCC(=O)N1CCOCC1)c1ccc2nc[nH]c2c1. The highest BCUT2D eigenvalue weighted by molar-refractivity contribution is 5.98. The monoisotopic (exact) mass is 288 g/mol. The smallest absolute Gasteiger partial charge is 0.251 e. The summed E-state index contributed by atoms with van der Waals surface area (Å²) in [5, 5.41) is 2.65. The Balaban J connectivity index is 1.59. The molecule has 7 nitrogen and oxygen atoms in total. The summed E-state index contributed by atoms with van der Waals surface area (Å²) < 4.78 is 5.19. The van der Waals surface area contributed by atoms with Crippen molar-refractivity contribution in [1.29, 1.82) is 0 Å². The van der Waals surface area contributed by atoms with Crippen LogP contribution in [0.15, 0.2) is 24.5 Å². The summed E-state index contributed by atoms with van der Waals surface area (Å²) in [5.41, 5.74) is 2.10. The molecule has 2 heterocycles. The number of rotatable bonds is 3. The Kier molecular flexibility index (Phi) is 3.83. The fraction of sp³-hybridized carbons (Fsp3) is 0.357. The number of benzene rings is 1. The second kappa shape index (κ2) is 5.92. The van der Waals surface area contributed by atoms with Gasteiger partial charge < -0.3 is 19.9 Å². The van der Waals surface area contributed by atoms with Crippen molar-refractivity contribution in [1.82, 2.24) is 20.2 Å². The van der Waals surface area contributed by atoms with Crippen LogP contribution in [-0.4, -0.2) is 59.5 Å². The van der Waals surface area contributed by atoms with E-state index in [2.05, 4.69) is 15.3 Å². The molecule has 110 valence electrons. The van der Waals surface area contributed by atoms with E-state index in [9.17, 15) is 9.59 Å². The molecule has 3 rings (SSSR count). The van der Waals surface area contributed by atoms with Crippen LogP contribution in [-0.2, 0) is 9.53 Å². The maximum absolute atomic E-state index is 12.1. The van der Waals surface area contributed by atoms with E-state index in [1.807, 2.05) is 0 Å². The predicted octanol–water partition coefficient (Wildman–Crippen LogP) is 0.152. The number of morpholine rings is 1. The summed E-state index contributed by atoms with van der Waals surface area (Å²) in [6.45, 7) is 2.26. The highest BCUT2D eigenvalue weighted by atomic mass is 16.5. The zero-order chi connectivity index (χ0) is 14.7. The molecule has 2 N–H and O–H groups in total.